The van der Waals surface area contributed by atoms with Crippen LogP contribution in [0.5, 0.6) is 0 Å². The summed E-state index contributed by atoms with van der Waals surface area (Å²) < 4.78 is -0.376. The quantitative estimate of drug-likeness (QED) is 0.635. The second-order valence-corrected chi connectivity index (χ2v) is 7.15. The number of primary amides is 1. The van der Waals surface area contributed by atoms with Gasteiger partial charge in [0, 0.05) is 12.2 Å². The third kappa shape index (κ3) is 3.77. The van der Waals surface area contributed by atoms with Gasteiger partial charge in [0.1, 0.15) is 0 Å². The van der Waals surface area contributed by atoms with Crippen LogP contribution in [-0.4, -0.2) is 11.7 Å². The Labute approximate surface area is 153 Å². The minimum absolute atomic E-state index is 0.268. The molecule has 0 saturated carbocycles. The Hall–Kier alpha value is -2.52. The van der Waals surface area contributed by atoms with Gasteiger partial charge in [0.05, 0.1) is 4.75 Å². The fraction of sp³-hybridized carbons (Fsp3) is 0.136. The molecule has 2 N–H and O–H groups in total. The first-order valence-electron chi connectivity index (χ1n) is 8.32. The molecule has 126 valence electrons. The van der Waals surface area contributed by atoms with Gasteiger partial charge in [0.25, 0.3) is 0 Å². The van der Waals surface area contributed by atoms with Crippen LogP contribution in [0.2, 0.25) is 0 Å². The molecule has 0 atom stereocenters. The van der Waals surface area contributed by atoms with Gasteiger partial charge < -0.3 is 5.73 Å². The molecule has 0 aliphatic rings. The summed E-state index contributed by atoms with van der Waals surface area (Å²) >= 11 is 1.76. The first-order valence-corrected chi connectivity index (χ1v) is 9.31. The highest BCUT2D eigenvalue weighted by atomic mass is 32.2. The van der Waals surface area contributed by atoms with E-state index in [-0.39, 0.29) is 10.7 Å². The molecule has 0 radical (unpaired) electrons. The van der Waals surface area contributed by atoms with Gasteiger partial charge in [-0.25, -0.2) is 0 Å². The van der Waals surface area contributed by atoms with Gasteiger partial charge in [-0.05, 0) is 16.7 Å². The maximum Gasteiger partial charge on any atom is 0.218 e. The van der Waals surface area contributed by atoms with Gasteiger partial charge in [-0.2, -0.15) is 0 Å². The summed E-state index contributed by atoms with van der Waals surface area (Å²) in [7, 11) is 0. The van der Waals surface area contributed by atoms with E-state index >= 15 is 0 Å². The topological polar surface area (TPSA) is 43.1 Å². The lowest BCUT2D eigenvalue weighted by molar-refractivity contribution is -0.117. The van der Waals surface area contributed by atoms with Gasteiger partial charge >= 0.3 is 0 Å². The van der Waals surface area contributed by atoms with Crippen molar-refractivity contribution in [2.24, 2.45) is 5.73 Å². The molecule has 25 heavy (non-hydrogen) atoms. The van der Waals surface area contributed by atoms with E-state index in [2.05, 4.69) is 72.8 Å². The molecule has 0 spiro atoms. The molecular weight excluding hydrogens is 326 g/mol. The smallest absolute Gasteiger partial charge is 0.218 e. The molecule has 0 bridgehead atoms. The van der Waals surface area contributed by atoms with E-state index in [9.17, 15) is 4.79 Å². The van der Waals surface area contributed by atoms with Crippen molar-refractivity contribution < 1.29 is 4.79 Å². The number of amides is 1. The number of carbonyl (C=O) groups excluding carboxylic acids is 1. The van der Waals surface area contributed by atoms with Crippen LogP contribution < -0.4 is 5.73 Å². The van der Waals surface area contributed by atoms with Crippen LogP contribution >= 0.6 is 11.8 Å². The normalized spacial score (nSPS) is 11.2. The van der Waals surface area contributed by atoms with E-state index in [0.29, 0.717) is 12.2 Å². The van der Waals surface area contributed by atoms with Crippen LogP contribution in [0.15, 0.2) is 91.0 Å². The number of carbonyl (C=O) groups is 1. The average Bonchev–Trinajstić information content (AvgIpc) is 2.67. The largest absolute Gasteiger partial charge is 0.370 e. The van der Waals surface area contributed by atoms with Crippen LogP contribution in [0.4, 0.5) is 0 Å². The monoisotopic (exact) mass is 347 g/mol. The number of hydrogen-bond acceptors (Lipinski definition) is 2. The first-order chi connectivity index (χ1) is 12.2. The summed E-state index contributed by atoms with van der Waals surface area (Å²) in [6.45, 7) is 0. The van der Waals surface area contributed by atoms with Crippen molar-refractivity contribution in [2.75, 3.05) is 5.75 Å². The molecule has 0 heterocycles. The summed E-state index contributed by atoms with van der Waals surface area (Å²) in [6, 6.07) is 31.3. The molecule has 0 unspecified atom stereocenters. The molecule has 3 aromatic rings. The number of hydrogen-bond donors (Lipinski definition) is 1. The fourth-order valence-corrected chi connectivity index (χ4v) is 4.59. The van der Waals surface area contributed by atoms with Crippen molar-refractivity contribution in [1.29, 1.82) is 0 Å². The van der Waals surface area contributed by atoms with E-state index in [1.54, 1.807) is 11.8 Å². The summed E-state index contributed by atoms with van der Waals surface area (Å²) in [5.74, 6) is 0.393. The Kier molecular flexibility index (Phi) is 5.56. The van der Waals surface area contributed by atoms with Crippen LogP contribution in [0.1, 0.15) is 23.1 Å². The SMILES string of the molecule is NC(=O)CCSC(c1ccccc1)(c1ccccc1)c1ccccc1. The maximum absolute atomic E-state index is 11.3. The van der Waals surface area contributed by atoms with Crippen molar-refractivity contribution in [3.8, 4) is 0 Å². The Morgan fingerprint density at radius 2 is 1.08 bits per heavy atom. The van der Waals surface area contributed by atoms with Gasteiger partial charge in [-0.3, -0.25) is 4.79 Å². The van der Waals surface area contributed by atoms with Gasteiger partial charge in [-0.1, -0.05) is 91.0 Å². The third-order valence-electron chi connectivity index (χ3n) is 4.21. The lowest BCUT2D eigenvalue weighted by Crippen LogP contribution is -2.26. The van der Waals surface area contributed by atoms with E-state index in [0.717, 1.165) is 0 Å². The molecule has 2 nitrogen and oxygen atoms in total. The van der Waals surface area contributed by atoms with E-state index < -0.39 is 0 Å². The lowest BCUT2D eigenvalue weighted by atomic mass is 9.84. The molecule has 0 fully saturated rings. The predicted molar refractivity (Wildman–Crippen MR) is 105 cm³/mol. The molecule has 0 saturated heterocycles. The van der Waals surface area contributed by atoms with Crippen molar-refractivity contribution in [3.05, 3.63) is 108 Å². The highest BCUT2D eigenvalue weighted by Gasteiger charge is 2.36. The highest BCUT2D eigenvalue weighted by molar-refractivity contribution is 8.00. The van der Waals surface area contributed by atoms with Gasteiger partial charge in [-0.15, -0.1) is 11.8 Å². The summed E-state index contributed by atoms with van der Waals surface area (Å²) in [4.78, 5) is 11.3. The zero-order chi connectivity index (χ0) is 17.5. The van der Waals surface area contributed by atoms with Crippen LogP contribution in [0.25, 0.3) is 0 Å². The number of benzene rings is 3. The summed E-state index contributed by atoms with van der Waals surface area (Å²) in [5, 5.41) is 0. The minimum Gasteiger partial charge on any atom is -0.370 e. The molecule has 0 aromatic heterocycles. The summed E-state index contributed by atoms with van der Waals surface area (Å²) in [5.41, 5.74) is 8.97. The molecule has 3 aromatic carbocycles. The van der Waals surface area contributed by atoms with Gasteiger partial charge in [0.2, 0.25) is 5.91 Å². The Balaban J connectivity index is 2.18. The molecule has 3 heteroatoms. The Morgan fingerprint density at radius 3 is 1.40 bits per heavy atom. The Morgan fingerprint density at radius 1 is 0.720 bits per heavy atom. The van der Waals surface area contributed by atoms with E-state index in [1.165, 1.54) is 16.7 Å². The molecular formula is C22H21NOS. The molecule has 0 aliphatic heterocycles. The Bertz CT molecular complexity index is 707. The van der Waals surface area contributed by atoms with Crippen molar-refractivity contribution in [2.45, 2.75) is 11.2 Å². The van der Waals surface area contributed by atoms with Crippen LogP contribution in [-0.2, 0) is 9.54 Å². The molecule has 3 rings (SSSR count). The fourth-order valence-electron chi connectivity index (χ4n) is 3.07. The van der Waals surface area contributed by atoms with Crippen LogP contribution in [0.3, 0.4) is 0 Å². The van der Waals surface area contributed by atoms with Crippen molar-refractivity contribution in [1.82, 2.24) is 0 Å². The lowest BCUT2D eigenvalue weighted by Gasteiger charge is -2.35. The van der Waals surface area contributed by atoms with Crippen molar-refractivity contribution in [3.63, 3.8) is 0 Å². The highest BCUT2D eigenvalue weighted by Crippen LogP contribution is 2.48. The predicted octanol–water partition coefficient (Wildman–Crippen LogP) is 4.59. The van der Waals surface area contributed by atoms with Gasteiger partial charge in [0.15, 0.2) is 0 Å². The number of thioether (sulfide) groups is 1. The first kappa shape index (κ1) is 17.3. The zero-order valence-electron chi connectivity index (χ0n) is 14.0. The van der Waals surface area contributed by atoms with E-state index in [1.807, 2.05) is 18.2 Å². The second-order valence-electron chi connectivity index (χ2n) is 5.84. The maximum atomic E-state index is 11.3. The minimum atomic E-state index is -0.376. The molecule has 0 aliphatic carbocycles. The summed E-state index contributed by atoms with van der Waals surface area (Å²) in [6.07, 6.45) is 0.360. The number of rotatable bonds is 7. The zero-order valence-corrected chi connectivity index (χ0v) is 14.8. The number of nitrogens with two attached hydrogens (primary N) is 1. The van der Waals surface area contributed by atoms with Crippen molar-refractivity contribution >= 4 is 17.7 Å². The second kappa shape index (κ2) is 8.04. The average molecular weight is 347 g/mol. The van der Waals surface area contributed by atoms with Crippen LogP contribution in [0, 0.1) is 0 Å². The third-order valence-corrected chi connectivity index (χ3v) is 5.76. The van der Waals surface area contributed by atoms with E-state index in [4.69, 9.17) is 5.73 Å². The molecule has 1 amide bonds. The standard InChI is InChI=1S/C22H21NOS/c23-21(24)16-17-25-22(18-10-4-1-5-11-18,19-12-6-2-7-13-19)20-14-8-3-9-15-20/h1-15H,16-17H2,(H2,23,24).